The molecule has 0 radical (unpaired) electrons. The van der Waals surface area contributed by atoms with Gasteiger partial charge >= 0.3 is 6.01 Å². The van der Waals surface area contributed by atoms with Gasteiger partial charge in [-0.15, -0.1) is 5.10 Å². The van der Waals surface area contributed by atoms with E-state index in [0.717, 1.165) is 5.52 Å². The Morgan fingerprint density at radius 2 is 1.88 bits per heavy atom. The van der Waals surface area contributed by atoms with Crippen LogP contribution in [0.2, 0.25) is 0 Å². The fourth-order valence-electron chi connectivity index (χ4n) is 3.19. The van der Waals surface area contributed by atoms with Crippen LogP contribution >= 0.6 is 0 Å². The predicted octanol–water partition coefficient (Wildman–Crippen LogP) is 4.35. The number of aryl methyl sites for hydroxylation is 1. The molecule has 24 heavy (non-hydrogen) atoms. The average Bonchev–Trinajstić information content (AvgIpc) is 3.27. The molecule has 5 nitrogen and oxygen atoms in total. The second-order valence-corrected chi connectivity index (χ2v) is 7.76. The molecule has 0 atom stereocenters. The number of fused-ring (bicyclic) bond motifs is 1. The molecule has 2 aromatic heterocycles. The van der Waals surface area contributed by atoms with Crippen LogP contribution in [0.1, 0.15) is 56.2 Å². The lowest BCUT2D eigenvalue weighted by Crippen LogP contribution is -2.13. The fourth-order valence-corrected chi connectivity index (χ4v) is 3.19. The summed E-state index contributed by atoms with van der Waals surface area (Å²) in [7, 11) is 0. The molecule has 0 unspecified atom stereocenters. The van der Waals surface area contributed by atoms with Crippen molar-refractivity contribution in [3.8, 4) is 11.6 Å². The number of hydrogen-bond donors (Lipinski definition) is 1. The van der Waals surface area contributed by atoms with Crippen molar-refractivity contribution in [3.05, 3.63) is 34.9 Å². The molecule has 0 saturated heterocycles. The second-order valence-electron chi connectivity index (χ2n) is 7.76. The van der Waals surface area contributed by atoms with Crippen LogP contribution in [-0.4, -0.2) is 15.2 Å². The lowest BCUT2D eigenvalue weighted by Gasteiger charge is -2.23. The van der Waals surface area contributed by atoms with Crippen molar-refractivity contribution >= 4 is 16.9 Å². The Balaban J connectivity index is 2.00. The molecular formula is C19H22N4O. The van der Waals surface area contributed by atoms with Gasteiger partial charge in [-0.2, -0.15) is 0 Å². The van der Waals surface area contributed by atoms with Crippen LogP contribution in [0, 0.1) is 6.92 Å². The number of benzene rings is 1. The number of hydrogen-bond acceptors (Lipinski definition) is 5. The van der Waals surface area contributed by atoms with E-state index in [2.05, 4.69) is 50.0 Å². The van der Waals surface area contributed by atoms with Crippen molar-refractivity contribution in [3.63, 3.8) is 0 Å². The summed E-state index contributed by atoms with van der Waals surface area (Å²) >= 11 is 0. The molecule has 1 fully saturated rings. The monoisotopic (exact) mass is 322 g/mol. The maximum Gasteiger partial charge on any atom is 0.313 e. The number of nitrogen functional groups attached to an aromatic ring is 1. The Morgan fingerprint density at radius 3 is 2.46 bits per heavy atom. The van der Waals surface area contributed by atoms with Crippen LogP contribution in [0.5, 0.6) is 0 Å². The number of pyridine rings is 1. The molecule has 124 valence electrons. The first-order valence-corrected chi connectivity index (χ1v) is 8.38. The SMILES string of the molecule is Cc1cc(-c2nnc(N)o2)nc2c(C(C)(C)C)cc(C3CC3)cc12. The zero-order chi connectivity index (χ0) is 17.1. The third-order valence-electron chi connectivity index (χ3n) is 4.66. The first-order chi connectivity index (χ1) is 11.3. The van der Waals surface area contributed by atoms with Crippen LogP contribution in [-0.2, 0) is 5.41 Å². The highest BCUT2D eigenvalue weighted by Gasteiger charge is 2.28. The van der Waals surface area contributed by atoms with E-state index < -0.39 is 0 Å². The van der Waals surface area contributed by atoms with Crippen molar-refractivity contribution in [1.82, 2.24) is 15.2 Å². The van der Waals surface area contributed by atoms with Gasteiger partial charge in [0.15, 0.2) is 0 Å². The first-order valence-electron chi connectivity index (χ1n) is 8.38. The predicted molar refractivity (Wildman–Crippen MR) is 94.9 cm³/mol. The molecule has 0 aliphatic heterocycles. The molecule has 0 bridgehead atoms. The molecule has 5 heteroatoms. The summed E-state index contributed by atoms with van der Waals surface area (Å²) in [6.45, 7) is 8.79. The fraction of sp³-hybridized carbons (Fsp3) is 0.421. The first kappa shape index (κ1) is 15.1. The van der Waals surface area contributed by atoms with Gasteiger partial charge in [0.25, 0.3) is 5.89 Å². The van der Waals surface area contributed by atoms with Crippen molar-refractivity contribution in [1.29, 1.82) is 0 Å². The average molecular weight is 322 g/mol. The van der Waals surface area contributed by atoms with Crippen molar-refractivity contribution < 1.29 is 4.42 Å². The van der Waals surface area contributed by atoms with E-state index in [1.807, 2.05) is 6.07 Å². The Kier molecular flexibility index (Phi) is 3.17. The molecule has 2 N–H and O–H groups in total. The number of aromatic nitrogens is 3. The van der Waals surface area contributed by atoms with Crippen LogP contribution in [0.4, 0.5) is 6.01 Å². The highest BCUT2D eigenvalue weighted by Crippen LogP contribution is 2.43. The van der Waals surface area contributed by atoms with Gasteiger partial charge in [0.2, 0.25) is 0 Å². The maximum absolute atomic E-state index is 5.56. The minimum absolute atomic E-state index is 0.00901. The highest BCUT2D eigenvalue weighted by molar-refractivity contribution is 5.88. The van der Waals surface area contributed by atoms with Gasteiger partial charge in [0.1, 0.15) is 5.69 Å². The zero-order valence-electron chi connectivity index (χ0n) is 14.6. The van der Waals surface area contributed by atoms with E-state index in [4.69, 9.17) is 15.1 Å². The van der Waals surface area contributed by atoms with Gasteiger partial charge < -0.3 is 10.2 Å². The van der Waals surface area contributed by atoms with Crippen LogP contribution < -0.4 is 5.73 Å². The summed E-state index contributed by atoms with van der Waals surface area (Å²) in [5.74, 6) is 1.08. The summed E-state index contributed by atoms with van der Waals surface area (Å²) in [5.41, 5.74) is 11.1. The maximum atomic E-state index is 5.56. The van der Waals surface area contributed by atoms with Gasteiger partial charge in [0.05, 0.1) is 5.52 Å². The molecule has 1 aromatic carbocycles. The lowest BCUT2D eigenvalue weighted by atomic mass is 9.83. The van der Waals surface area contributed by atoms with Crippen LogP contribution in [0.15, 0.2) is 22.6 Å². The number of nitrogens with zero attached hydrogens (tertiary/aromatic N) is 3. The number of nitrogens with two attached hydrogens (primary N) is 1. The summed E-state index contributed by atoms with van der Waals surface area (Å²) in [6.07, 6.45) is 2.59. The van der Waals surface area contributed by atoms with Gasteiger partial charge in [-0.05, 0) is 59.9 Å². The Bertz CT molecular complexity index is 932. The molecule has 4 rings (SSSR count). The summed E-state index contributed by atoms with van der Waals surface area (Å²) in [4.78, 5) is 4.86. The normalized spacial score (nSPS) is 15.2. The van der Waals surface area contributed by atoms with Crippen molar-refractivity contribution in [2.24, 2.45) is 0 Å². The summed E-state index contributed by atoms with van der Waals surface area (Å²) in [6, 6.07) is 6.69. The van der Waals surface area contributed by atoms with E-state index in [-0.39, 0.29) is 11.4 Å². The molecule has 1 saturated carbocycles. The zero-order valence-corrected chi connectivity index (χ0v) is 14.6. The van der Waals surface area contributed by atoms with Crippen molar-refractivity contribution in [2.75, 3.05) is 5.73 Å². The summed E-state index contributed by atoms with van der Waals surface area (Å²) < 4.78 is 5.36. The van der Waals surface area contributed by atoms with E-state index in [1.165, 1.54) is 34.9 Å². The number of rotatable bonds is 2. The third kappa shape index (κ3) is 2.54. The Morgan fingerprint density at radius 1 is 1.12 bits per heavy atom. The smallest absolute Gasteiger partial charge is 0.313 e. The second kappa shape index (κ2) is 5.03. The van der Waals surface area contributed by atoms with Gasteiger partial charge in [-0.1, -0.05) is 31.9 Å². The largest absolute Gasteiger partial charge is 0.402 e. The third-order valence-corrected chi connectivity index (χ3v) is 4.66. The van der Waals surface area contributed by atoms with Crippen LogP contribution in [0.3, 0.4) is 0 Å². The van der Waals surface area contributed by atoms with Crippen LogP contribution in [0.25, 0.3) is 22.5 Å². The molecule has 1 aliphatic rings. The topological polar surface area (TPSA) is 77.8 Å². The van der Waals surface area contributed by atoms with E-state index in [0.29, 0.717) is 17.5 Å². The molecule has 3 aromatic rings. The van der Waals surface area contributed by atoms with E-state index >= 15 is 0 Å². The minimum atomic E-state index is 0.00901. The Hall–Kier alpha value is -2.43. The quantitative estimate of drug-likeness (QED) is 0.759. The van der Waals surface area contributed by atoms with E-state index in [9.17, 15) is 0 Å². The molecule has 0 amide bonds. The summed E-state index contributed by atoms with van der Waals surface area (Å²) in [5, 5.41) is 8.93. The van der Waals surface area contributed by atoms with Gasteiger partial charge in [-0.3, -0.25) is 0 Å². The highest BCUT2D eigenvalue weighted by atomic mass is 16.4. The molecule has 0 spiro atoms. The van der Waals surface area contributed by atoms with Gasteiger partial charge in [-0.25, -0.2) is 4.98 Å². The molecule has 2 heterocycles. The standard InChI is InChI=1S/C19H22N4O/c1-10-7-15(17-22-23-18(20)24-17)21-16-13(10)8-12(11-5-6-11)9-14(16)19(2,3)4/h7-9,11H,5-6H2,1-4H3,(H2,20,23). The lowest BCUT2D eigenvalue weighted by molar-refractivity contribution is 0.586. The van der Waals surface area contributed by atoms with Crippen molar-refractivity contribution in [2.45, 2.75) is 51.9 Å². The van der Waals surface area contributed by atoms with E-state index in [1.54, 1.807) is 0 Å². The Labute approximate surface area is 141 Å². The minimum Gasteiger partial charge on any atom is -0.402 e. The molecule has 1 aliphatic carbocycles. The molecular weight excluding hydrogens is 300 g/mol. The van der Waals surface area contributed by atoms with Gasteiger partial charge in [0, 0.05) is 5.39 Å². The number of anilines is 1.